The van der Waals surface area contributed by atoms with Gasteiger partial charge in [0.1, 0.15) is 5.75 Å². The van der Waals surface area contributed by atoms with Crippen LogP contribution in [-0.2, 0) is 16.0 Å². The molecule has 0 aliphatic rings. The molecular weight excluding hydrogens is 466 g/mol. The molecule has 0 fully saturated rings. The summed E-state index contributed by atoms with van der Waals surface area (Å²) in [6, 6.07) is 6.81. The Hall–Kier alpha value is -4.13. The molecule has 182 valence electrons. The minimum atomic E-state index is -1.94. The lowest BCUT2D eigenvalue weighted by Gasteiger charge is -2.23. The van der Waals surface area contributed by atoms with Crippen molar-refractivity contribution in [3.63, 3.8) is 0 Å². The maximum Gasteiger partial charge on any atom is 0.280 e. The van der Waals surface area contributed by atoms with Gasteiger partial charge in [-0.15, -0.1) is 0 Å². The molecule has 0 aliphatic heterocycles. The molecule has 0 saturated carbocycles. The van der Waals surface area contributed by atoms with Crippen LogP contribution in [0.15, 0.2) is 29.3 Å². The van der Waals surface area contributed by atoms with Crippen LogP contribution in [0, 0.1) is 0 Å². The number of hydrogen-bond acceptors (Lipinski definition) is 9. The predicted molar refractivity (Wildman–Crippen MR) is 127 cm³/mol. The van der Waals surface area contributed by atoms with E-state index in [4.69, 9.17) is 45.0 Å². The average Bonchev–Trinajstić information content (AvgIpc) is 2.76. The lowest BCUT2D eigenvalue weighted by atomic mass is 10.1. The van der Waals surface area contributed by atoms with Crippen molar-refractivity contribution in [3.8, 4) is 5.75 Å². The number of primary amides is 2. The summed E-state index contributed by atoms with van der Waals surface area (Å²) >= 11 is 5.76. The Kier molecular flexibility index (Phi) is 8.56. The SMILES string of the molecule is CC(Oc1ccc(CCCCN=C(N)NC(=O)c2nc(Cl)c(N)nc2N)cc1)(C(N)=O)C(N)=O. The molecule has 2 rings (SSSR count). The third-order valence-corrected chi connectivity index (χ3v) is 4.98. The highest BCUT2D eigenvalue weighted by Gasteiger charge is 2.40. The molecule has 1 heterocycles. The summed E-state index contributed by atoms with van der Waals surface area (Å²) in [5, 5.41) is 2.21. The van der Waals surface area contributed by atoms with Crippen LogP contribution in [0.5, 0.6) is 5.75 Å². The second-order valence-electron chi connectivity index (χ2n) is 7.32. The quantitative estimate of drug-likeness (QED) is 0.108. The topological polar surface area (TPSA) is 241 Å². The van der Waals surface area contributed by atoms with E-state index in [2.05, 4.69) is 20.3 Å². The molecule has 1 aromatic carbocycles. The van der Waals surface area contributed by atoms with E-state index in [0.29, 0.717) is 13.0 Å². The van der Waals surface area contributed by atoms with Gasteiger partial charge in [0.05, 0.1) is 0 Å². The smallest absolute Gasteiger partial charge is 0.280 e. The molecule has 13 nitrogen and oxygen atoms in total. The molecule has 34 heavy (non-hydrogen) atoms. The van der Waals surface area contributed by atoms with Crippen LogP contribution < -0.4 is 38.7 Å². The van der Waals surface area contributed by atoms with Crippen molar-refractivity contribution in [3.05, 3.63) is 40.7 Å². The minimum absolute atomic E-state index is 0.0886. The molecule has 0 atom stereocenters. The average molecular weight is 492 g/mol. The lowest BCUT2D eigenvalue weighted by Crippen LogP contribution is -2.56. The van der Waals surface area contributed by atoms with Crippen LogP contribution in [-0.4, -0.2) is 45.8 Å². The molecule has 0 bridgehead atoms. The minimum Gasteiger partial charge on any atom is -0.468 e. The van der Waals surface area contributed by atoms with Gasteiger partial charge in [0, 0.05) is 6.54 Å². The van der Waals surface area contributed by atoms with Gasteiger partial charge in [0.2, 0.25) is 0 Å². The molecule has 0 unspecified atom stereocenters. The summed E-state index contributed by atoms with van der Waals surface area (Å²) in [5.41, 5.74) is 26.1. The number of nitrogens with zero attached hydrogens (tertiary/aromatic N) is 3. The molecule has 2 aromatic rings. The number of benzene rings is 1. The van der Waals surface area contributed by atoms with Crippen molar-refractivity contribution in [1.29, 1.82) is 0 Å². The van der Waals surface area contributed by atoms with E-state index in [1.54, 1.807) is 24.3 Å². The zero-order chi connectivity index (χ0) is 25.5. The Balaban J connectivity index is 1.81. The first-order valence-electron chi connectivity index (χ1n) is 10.0. The molecule has 14 heteroatoms. The van der Waals surface area contributed by atoms with E-state index in [1.807, 2.05) is 0 Å². The molecule has 0 radical (unpaired) electrons. The molecule has 0 aliphatic carbocycles. The number of anilines is 2. The summed E-state index contributed by atoms with van der Waals surface area (Å²) in [5.74, 6) is -2.76. The van der Waals surface area contributed by atoms with E-state index >= 15 is 0 Å². The number of hydrogen-bond donors (Lipinski definition) is 6. The first kappa shape index (κ1) is 26.1. The van der Waals surface area contributed by atoms with Gasteiger partial charge in [-0.25, -0.2) is 9.97 Å². The number of carbonyl (C=O) groups excluding carboxylic acids is 3. The standard InChI is InChI=1S/C20H26ClN9O4/c1-20(17(24)32,18(25)33)34-11-7-5-10(6-8-11)4-2-3-9-27-19(26)30-16(31)12-14(22)29-15(23)13(21)28-12/h5-8H,2-4,9H2,1H3,(H2,24,32)(H2,25,33)(H4,22,23,29)(H3,26,27,30,31). The van der Waals surface area contributed by atoms with Crippen LogP contribution in [0.25, 0.3) is 0 Å². The number of rotatable bonds is 10. The molecular formula is C20H26ClN9O4. The Morgan fingerprint density at radius 2 is 1.65 bits per heavy atom. The normalized spacial score (nSPS) is 11.6. The molecule has 1 aromatic heterocycles. The summed E-state index contributed by atoms with van der Waals surface area (Å²) in [7, 11) is 0. The van der Waals surface area contributed by atoms with Gasteiger partial charge >= 0.3 is 0 Å². The first-order valence-corrected chi connectivity index (χ1v) is 10.4. The fourth-order valence-corrected chi connectivity index (χ4v) is 2.77. The number of nitrogens with one attached hydrogen (secondary N) is 1. The summed E-state index contributed by atoms with van der Waals surface area (Å²) < 4.78 is 5.39. The highest BCUT2D eigenvalue weighted by Crippen LogP contribution is 2.20. The first-order chi connectivity index (χ1) is 15.9. The maximum atomic E-state index is 12.2. The van der Waals surface area contributed by atoms with Crippen LogP contribution >= 0.6 is 11.6 Å². The number of nitrogen functional groups attached to an aromatic ring is 2. The molecule has 11 N–H and O–H groups in total. The zero-order valence-corrected chi connectivity index (χ0v) is 19.1. The largest absolute Gasteiger partial charge is 0.468 e. The zero-order valence-electron chi connectivity index (χ0n) is 18.4. The number of guanidine groups is 1. The summed E-state index contributed by atoms with van der Waals surface area (Å²) in [4.78, 5) is 46.8. The maximum absolute atomic E-state index is 12.2. The number of aromatic nitrogens is 2. The third kappa shape index (κ3) is 6.68. The van der Waals surface area contributed by atoms with Crippen LogP contribution in [0.4, 0.5) is 11.6 Å². The highest BCUT2D eigenvalue weighted by atomic mass is 35.5. The van der Waals surface area contributed by atoms with Crippen molar-refractivity contribution in [2.75, 3.05) is 18.0 Å². The molecule has 3 amide bonds. The number of aliphatic imine (C=N–C) groups is 1. The van der Waals surface area contributed by atoms with E-state index < -0.39 is 23.3 Å². The van der Waals surface area contributed by atoms with E-state index in [0.717, 1.165) is 18.4 Å². The van der Waals surface area contributed by atoms with Crippen molar-refractivity contribution >= 4 is 46.9 Å². The van der Waals surface area contributed by atoms with Crippen molar-refractivity contribution in [2.45, 2.75) is 31.8 Å². The van der Waals surface area contributed by atoms with Crippen molar-refractivity contribution in [2.24, 2.45) is 22.2 Å². The van der Waals surface area contributed by atoms with E-state index in [-0.39, 0.29) is 34.2 Å². The van der Waals surface area contributed by atoms with Crippen LogP contribution in [0.1, 0.15) is 35.8 Å². The van der Waals surface area contributed by atoms with E-state index in [1.165, 1.54) is 6.92 Å². The van der Waals surface area contributed by atoms with Gasteiger partial charge < -0.3 is 33.4 Å². The monoisotopic (exact) mass is 491 g/mol. The number of unbranched alkanes of at least 4 members (excludes halogenated alkanes) is 1. The molecule has 0 saturated heterocycles. The third-order valence-electron chi connectivity index (χ3n) is 4.70. The van der Waals surface area contributed by atoms with Crippen LogP contribution in [0.2, 0.25) is 5.15 Å². The Bertz CT molecular complexity index is 1090. The summed E-state index contributed by atoms with van der Waals surface area (Å²) in [6.45, 7) is 1.58. The second kappa shape index (κ2) is 11.1. The fraction of sp³-hybridized carbons (Fsp3) is 0.300. The molecule has 0 spiro atoms. The van der Waals surface area contributed by atoms with Gasteiger partial charge in [0.15, 0.2) is 28.4 Å². The number of carbonyl (C=O) groups is 3. The predicted octanol–water partition coefficient (Wildman–Crippen LogP) is -0.530. The number of aryl methyl sites for hydroxylation is 1. The van der Waals surface area contributed by atoms with Crippen LogP contribution in [0.3, 0.4) is 0 Å². The van der Waals surface area contributed by atoms with Crippen molar-refractivity contribution < 1.29 is 19.1 Å². The number of nitrogens with two attached hydrogens (primary N) is 5. The van der Waals surface area contributed by atoms with Gasteiger partial charge in [-0.2, -0.15) is 0 Å². The Morgan fingerprint density at radius 3 is 2.24 bits per heavy atom. The van der Waals surface area contributed by atoms with Crippen molar-refractivity contribution in [1.82, 2.24) is 15.3 Å². The van der Waals surface area contributed by atoms with Gasteiger partial charge in [-0.3, -0.25) is 24.7 Å². The Morgan fingerprint density at radius 1 is 1.03 bits per heavy atom. The number of amides is 3. The van der Waals surface area contributed by atoms with Gasteiger partial charge in [-0.1, -0.05) is 23.7 Å². The number of halogens is 1. The van der Waals surface area contributed by atoms with E-state index in [9.17, 15) is 14.4 Å². The fourth-order valence-electron chi connectivity index (χ4n) is 2.65. The van der Waals surface area contributed by atoms with Gasteiger partial charge in [-0.05, 0) is 43.9 Å². The highest BCUT2D eigenvalue weighted by molar-refractivity contribution is 6.31. The van der Waals surface area contributed by atoms with Gasteiger partial charge in [0.25, 0.3) is 23.3 Å². The summed E-state index contributed by atoms with van der Waals surface area (Å²) in [6.07, 6.45) is 2.18. The number of ether oxygens (including phenoxy) is 1. The Labute approximate surface area is 200 Å². The lowest BCUT2D eigenvalue weighted by molar-refractivity contribution is -0.144. The second-order valence-corrected chi connectivity index (χ2v) is 7.68.